The predicted molar refractivity (Wildman–Crippen MR) is 113 cm³/mol. The normalized spacial score (nSPS) is 22.2. The summed E-state index contributed by atoms with van der Waals surface area (Å²) in [5, 5.41) is 0. The van der Waals surface area contributed by atoms with Crippen LogP contribution in [0.15, 0.2) is 24.3 Å². The quantitative estimate of drug-likeness (QED) is 0.625. The Bertz CT molecular complexity index is 750. The monoisotopic (exact) mass is 433 g/mol. The van der Waals surface area contributed by atoms with E-state index >= 15 is 0 Å². The second kappa shape index (κ2) is 10.4. The molecule has 31 heavy (non-hydrogen) atoms. The van der Waals surface area contributed by atoms with Gasteiger partial charge in [-0.25, -0.2) is 4.39 Å². The molecule has 0 aromatic heterocycles. The van der Waals surface area contributed by atoms with Gasteiger partial charge in [-0.3, -0.25) is 14.5 Å². The Hall–Kier alpha value is -2.19. The van der Waals surface area contributed by atoms with Gasteiger partial charge in [-0.15, -0.1) is 0 Å². The number of benzene rings is 1. The van der Waals surface area contributed by atoms with Crippen molar-refractivity contribution >= 4 is 11.8 Å². The summed E-state index contributed by atoms with van der Waals surface area (Å²) in [7, 11) is 0. The van der Waals surface area contributed by atoms with E-state index in [2.05, 4.69) is 4.90 Å². The van der Waals surface area contributed by atoms with Crippen LogP contribution in [0.1, 0.15) is 25.7 Å². The first-order valence-corrected chi connectivity index (χ1v) is 11.4. The van der Waals surface area contributed by atoms with Crippen molar-refractivity contribution in [1.82, 2.24) is 14.7 Å². The lowest BCUT2D eigenvalue weighted by atomic mass is 10.0. The molecule has 1 aromatic rings. The largest absolute Gasteiger partial charge is 0.484 e. The fourth-order valence-corrected chi connectivity index (χ4v) is 4.31. The van der Waals surface area contributed by atoms with Crippen molar-refractivity contribution in [3.8, 4) is 5.75 Å². The molecule has 0 spiro atoms. The SMILES string of the molecule is O=C(COc1ccc(F)cc1)N1CCCC(N(CCN2CCOCC2)C(=O)C2CC2)C1. The molecule has 0 radical (unpaired) electrons. The molecule has 1 unspecified atom stereocenters. The number of amides is 2. The smallest absolute Gasteiger partial charge is 0.260 e. The van der Waals surface area contributed by atoms with Crippen molar-refractivity contribution < 1.29 is 23.5 Å². The summed E-state index contributed by atoms with van der Waals surface area (Å²) in [4.78, 5) is 31.9. The van der Waals surface area contributed by atoms with Crippen LogP contribution in [0.5, 0.6) is 5.75 Å². The molecule has 0 N–H and O–H groups in total. The van der Waals surface area contributed by atoms with Crippen LogP contribution < -0.4 is 4.74 Å². The van der Waals surface area contributed by atoms with E-state index in [-0.39, 0.29) is 36.2 Å². The zero-order valence-electron chi connectivity index (χ0n) is 18.0. The van der Waals surface area contributed by atoms with Gasteiger partial charge >= 0.3 is 0 Å². The number of carbonyl (C=O) groups excluding carboxylic acids is 2. The Kier molecular flexibility index (Phi) is 7.40. The molecule has 0 bridgehead atoms. The summed E-state index contributed by atoms with van der Waals surface area (Å²) in [6.07, 6.45) is 3.75. The van der Waals surface area contributed by atoms with Gasteiger partial charge in [-0.05, 0) is 49.9 Å². The van der Waals surface area contributed by atoms with Crippen LogP contribution in [0.25, 0.3) is 0 Å². The molecule has 2 heterocycles. The highest BCUT2D eigenvalue weighted by Gasteiger charge is 2.38. The van der Waals surface area contributed by atoms with Crippen LogP contribution >= 0.6 is 0 Å². The van der Waals surface area contributed by atoms with E-state index in [1.54, 1.807) is 4.90 Å². The fraction of sp³-hybridized carbons (Fsp3) is 0.652. The zero-order chi connectivity index (χ0) is 21.6. The van der Waals surface area contributed by atoms with Crippen LogP contribution in [0.3, 0.4) is 0 Å². The minimum atomic E-state index is -0.338. The predicted octanol–water partition coefficient (Wildman–Crippen LogP) is 1.77. The highest BCUT2D eigenvalue weighted by Crippen LogP contribution is 2.32. The first-order chi connectivity index (χ1) is 15.1. The molecule has 8 heteroatoms. The second-order valence-corrected chi connectivity index (χ2v) is 8.64. The molecular formula is C23H32FN3O4. The number of nitrogens with zero attached hydrogens (tertiary/aromatic N) is 3. The Labute approximate surface area is 183 Å². The molecule has 2 amide bonds. The van der Waals surface area contributed by atoms with Gasteiger partial charge in [-0.1, -0.05) is 0 Å². The molecule has 1 aromatic carbocycles. The molecule has 2 aliphatic heterocycles. The lowest BCUT2D eigenvalue weighted by Crippen LogP contribution is -2.54. The number of carbonyl (C=O) groups is 2. The number of hydrogen-bond donors (Lipinski definition) is 0. The van der Waals surface area contributed by atoms with E-state index in [0.29, 0.717) is 25.4 Å². The molecular weight excluding hydrogens is 401 g/mol. The zero-order valence-corrected chi connectivity index (χ0v) is 18.0. The lowest BCUT2D eigenvalue weighted by molar-refractivity contribution is -0.141. The number of halogens is 1. The maximum absolute atomic E-state index is 13.0. The molecule has 1 aliphatic carbocycles. The first kappa shape index (κ1) is 22.0. The Balaban J connectivity index is 1.32. The summed E-state index contributed by atoms with van der Waals surface area (Å²) in [5.41, 5.74) is 0. The van der Waals surface area contributed by atoms with Gasteiger partial charge in [0.15, 0.2) is 6.61 Å². The van der Waals surface area contributed by atoms with E-state index in [1.807, 2.05) is 4.90 Å². The van der Waals surface area contributed by atoms with E-state index in [0.717, 1.165) is 58.5 Å². The Morgan fingerprint density at radius 1 is 1.10 bits per heavy atom. The second-order valence-electron chi connectivity index (χ2n) is 8.64. The Morgan fingerprint density at radius 3 is 2.55 bits per heavy atom. The van der Waals surface area contributed by atoms with Crippen molar-refractivity contribution in [3.63, 3.8) is 0 Å². The number of likely N-dealkylation sites (tertiary alicyclic amines) is 1. The number of hydrogen-bond acceptors (Lipinski definition) is 5. The third kappa shape index (κ3) is 6.17. The van der Waals surface area contributed by atoms with E-state index in [1.165, 1.54) is 24.3 Å². The molecule has 2 saturated heterocycles. The minimum Gasteiger partial charge on any atom is -0.484 e. The molecule has 3 fully saturated rings. The third-order valence-electron chi connectivity index (χ3n) is 6.34. The van der Waals surface area contributed by atoms with Crippen molar-refractivity contribution in [1.29, 1.82) is 0 Å². The van der Waals surface area contributed by atoms with Gasteiger partial charge in [0.25, 0.3) is 5.91 Å². The van der Waals surface area contributed by atoms with Crippen LogP contribution in [-0.4, -0.2) is 91.6 Å². The summed E-state index contributed by atoms with van der Waals surface area (Å²) >= 11 is 0. The number of piperidine rings is 1. The Morgan fingerprint density at radius 2 is 1.84 bits per heavy atom. The molecule has 1 atom stereocenters. The summed E-state index contributed by atoms with van der Waals surface area (Å²) < 4.78 is 24.0. The summed E-state index contributed by atoms with van der Waals surface area (Å²) in [6, 6.07) is 5.71. The standard InChI is InChI=1S/C23H32FN3O4/c24-19-5-7-21(8-6-19)31-17-22(28)26-9-1-2-20(16-26)27(23(29)18-3-4-18)11-10-25-12-14-30-15-13-25/h5-8,18,20H,1-4,9-17H2. The average Bonchev–Trinajstić information content (AvgIpc) is 3.65. The maximum atomic E-state index is 13.0. The highest BCUT2D eigenvalue weighted by molar-refractivity contribution is 5.82. The first-order valence-electron chi connectivity index (χ1n) is 11.4. The van der Waals surface area contributed by atoms with Gasteiger partial charge in [0.1, 0.15) is 11.6 Å². The van der Waals surface area contributed by atoms with Gasteiger partial charge in [0.05, 0.1) is 13.2 Å². The number of ether oxygens (including phenoxy) is 2. The highest BCUT2D eigenvalue weighted by atomic mass is 19.1. The number of morpholine rings is 1. The topological polar surface area (TPSA) is 62.3 Å². The lowest BCUT2D eigenvalue weighted by Gasteiger charge is -2.40. The third-order valence-corrected chi connectivity index (χ3v) is 6.34. The van der Waals surface area contributed by atoms with Crippen molar-refractivity contribution in [2.24, 2.45) is 5.92 Å². The van der Waals surface area contributed by atoms with Crippen molar-refractivity contribution in [3.05, 3.63) is 30.1 Å². The van der Waals surface area contributed by atoms with Crippen LogP contribution in [0.4, 0.5) is 4.39 Å². The molecule has 4 rings (SSSR count). The van der Waals surface area contributed by atoms with Gasteiger partial charge in [-0.2, -0.15) is 0 Å². The van der Waals surface area contributed by atoms with Gasteiger partial charge in [0, 0.05) is 51.2 Å². The molecule has 3 aliphatic rings. The van der Waals surface area contributed by atoms with Gasteiger partial charge in [0.2, 0.25) is 5.91 Å². The van der Waals surface area contributed by atoms with E-state index < -0.39 is 0 Å². The maximum Gasteiger partial charge on any atom is 0.260 e. The van der Waals surface area contributed by atoms with Crippen molar-refractivity contribution in [2.45, 2.75) is 31.7 Å². The summed E-state index contributed by atoms with van der Waals surface area (Å²) in [6.45, 7) is 6.00. The van der Waals surface area contributed by atoms with Crippen LogP contribution in [0, 0.1) is 11.7 Å². The minimum absolute atomic E-state index is 0.0534. The molecule has 7 nitrogen and oxygen atoms in total. The van der Waals surface area contributed by atoms with Gasteiger partial charge < -0.3 is 19.3 Å². The fourth-order valence-electron chi connectivity index (χ4n) is 4.31. The van der Waals surface area contributed by atoms with Crippen LogP contribution in [0.2, 0.25) is 0 Å². The average molecular weight is 434 g/mol. The number of rotatable bonds is 8. The molecule has 1 saturated carbocycles. The summed E-state index contributed by atoms with van der Waals surface area (Å²) in [5.74, 6) is 0.447. The van der Waals surface area contributed by atoms with E-state index in [9.17, 15) is 14.0 Å². The van der Waals surface area contributed by atoms with E-state index in [4.69, 9.17) is 9.47 Å². The molecule has 170 valence electrons. The van der Waals surface area contributed by atoms with Crippen LogP contribution in [-0.2, 0) is 14.3 Å². The van der Waals surface area contributed by atoms with Crippen molar-refractivity contribution in [2.75, 3.05) is 59.1 Å².